The molecule has 1 unspecified atom stereocenters. The first-order chi connectivity index (χ1) is 12.1. The van der Waals surface area contributed by atoms with Gasteiger partial charge in [0.05, 0.1) is 12.2 Å². The van der Waals surface area contributed by atoms with Crippen LogP contribution in [0.25, 0.3) is 0 Å². The van der Waals surface area contributed by atoms with Crippen LogP contribution in [0.2, 0.25) is 0 Å². The highest BCUT2D eigenvalue weighted by molar-refractivity contribution is 5.34. The molecule has 2 aromatic rings. The van der Waals surface area contributed by atoms with Gasteiger partial charge in [0.25, 0.3) is 5.56 Å². The van der Waals surface area contributed by atoms with Gasteiger partial charge >= 0.3 is 0 Å². The minimum atomic E-state index is 0.0385. The van der Waals surface area contributed by atoms with Crippen molar-refractivity contribution in [3.63, 3.8) is 0 Å². The molecule has 0 aromatic carbocycles. The highest BCUT2D eigenvalue weighted by Crippen LogP contribution is 2.45. The van der Waals surface area contributed by atoms with Crippen molar-refractivity contribution in [2.75, 3.05) is 13.1 Å². The van der Waals surface area contributed by atoms with E-state index in [2.05, 4.69) is 25.1 Å². The zero-order valence-corrected chi connectivity index (χ0v) is 14.6. The summed E-state index contributed by atoms with van der Waals surface area (Å²) in [6.45, 7) is 4.70. The standard InChI is InChI=1S/C18H24N6O/c1-11-19-14(23-22-11)9-24-8-2-6-18(10-24)7-5-13-15(18)20-16(12-3-4-12)21-17(13)25/h12H,2-10H2,1H3,(H,19,22,23)(H,20,21,25). The summed E-state index contributed by atoms with van der Waals surface area (Å²) in [7, 11) is 0. The van der Waals surface area contributed by atoms with Gasteiger partial charge in [0.2, 0.25) is 0 Å². The number of hydrogen-bond donors (Lipinski definition) is 2. The third-order valence-electron chi connectivity index (χ3n) is 6.02. The Morgan fingerprint density at radius 1 is 1.28 bits per heavy atom. The smallest absolute Gasteiger partial charge is 0.254 e. The van der Waals surface area contributed by atoms with E-state index in [1.807, 2.05) is 6.92 Å². The molecule has 25 heavy (non-hydrogen) atoms. The van der Waals surface area contributed by atoms with Gasteiger partial charge in [-0.15, -0.1) is 0 Å². The fourth-order valence-electron chi connectivity index (χ4n) is 4.64. The van der Waals surface area contributed by atoms with Crippen LogP contribution in [-0.4, -0.2) is 43.1 Å². The Labute approximate surface area is 146 Å². The Morgan fingerprint density at radius 3 is 2.92 bits per heavy atom. The van der Waals surface area contributed by atoms with Gasteiger partial charge in [-0.1, -0.05) is 0 Å². The molecule has 5 rings (SSSR count). The third-order valence-corrected chi connectivity index (χ3v) is 6.02. The zero-order valence-electron chi connectivity index (χ0n) is 14.6. The summed E-state index contributed by atoms with van der Waals surface area (Å²) < 4.78 is 0. The number of nitrogens with one attached hydrogen (secondary N) is 2. The molecule has 2 fully saturated rings. The van der Waals surface area contributed by atoms with Crippen molar-refractivity contribution in [1.82, 2.24) is 30.0 Å². The molecule has 3 heterocycles. The third kappa shape index (κ3) is 2.61. The molecular weight excluding hydrogens is 316 g/mol. The highest BCUT2D eigenvalue weighted by Gasteiger charge is 2.45. The van der Waals surface area contributed by atoms with Crippen molar-refractivity contribution in [3.05, 3.63) is 39.1 Å². The lowest BCUT2D eigenvalue weighted by Crippen LogP contribution is -2.45. The van der Waals surface area contributed by atoms with Gasteiger partial charge in [0.1, 0.15) is 11.6 Å². The van der Waals surface area contributed by atoms with Crippen LogP contribution in [0.1, 0.15) is 66.8 Å². The van der Waals surface area contributed by atoms with E-state index in [1.54, 1.807) is 0 Å². The van der Waals surface area contributed by atoms with Crippen LogP contribution in [0, 0.1) is 6.92 Å². The lowest BCUT2D eigenvalue weighted by atomic mass is 9.77. The topological polar surface area (TPSA) is 90.6 Å². The molecule has 2 N–H and O–H groups in total. The van der Waals surface area contributed by atoms with Crippen LogP contribution < -0.4 is 5.56 Å². The quantitative estimate of drug-likeness (QED) is 0.885. The fourth-order valence-corrected chi connectivity index (χ4v) is 4.64. The van der Waals surface area contributed by atoms with E-state index in [1.165, 1.54) is 0 Å². The Morgan fingerprint density at radius 2 is 2.16 bits per heavy atom. The molecule has 1 spiro atoms. The first-order valence-electron chi connectivity index (χ1n) is 9.37. The number of aromatic nitrogens is 5. The Hall–Kier alpha value is -2.02. The summed E-state index contributed by atoms with van der Waals surface area (Å²) in [5.74, 6) is 3.11. The number of H-pyrrole nitrogens is 2. The molecular formula is C18H24N6O. The van der Waals surface area contributed by atoms with Crippen LogP contribution in [0.3, 0.4) is 0 Å². The Kier molecular flexibility index (Phi) is 3.35. The second-order valence-corrected chi connectivity index (χ2v) is 7.98. The SMILES string of the molecule is Cc1nc(CN2CCCC3(CCc4c3nc(C3CC3)[nH]c4=O)C2)n[nH]1. The predicted octanol–water partition coefficient (Wildman–Crippen LogP) is 1.55. The van der Waals surface area contributed by atoms with E-state index in [4.69, 9.17) is 4.98 Å². The van der Waals surface area contributed by atoms with Crippen molar-refractivity contribution in [2.45, 2.75) is 63.3 Å². The molecule has 1 aliphatic heterocycles. The molecule has 0 amide bonds. The molecule has 0 bridgehead atoms. The highest BCUT2D eigenvalue weighted by atomic mass is 16.1. The second kappa shape index (κ2) is 5.49. The van der Waals surface area contributed by atoms with Crippen molar-refractivity contribution >= 4 is 0 Å². The maximum atomic E-state index is 12.5. The van der Waals surface area contributed by atoms with E-state index >= 15 is 0 Å². The number of hydrogen-bond acceptors (Lipinski definition) is 5. The summed E-state index contributed by atoms with van der Waals surface area (Å²) in [5, 5.41) is 7.20. The number of likely N-dealkylation sites (tertiary alicyclic amines) is 1. The first kappa shape index (κ1) is 15.3. The molecule has 3 aliphatic rings. The summed E-state index contributed by atoms with van der Waals surface area (Å²) in [6.07, 6.45) is 6.47. The molecule has 7 heteroatoms. The Balaban J connectivity index is 1.45. The summed E-state index contributed by atoms with van der Waals surface area (Å²) >= 11 is 0. The van der Waals surface area contributed by atoms with Gasteiger partial charge in [-0.25, -0.2) is 9.97 Å². The molecule has 132 valence electrons. The number of nitrogens with zero attached hydrogens (tertiary/aromatic N) is 4. The number of rotatable bonds is 3. The molecule has 1 saturated carbocycles. The van der Waals surface area contributed by atoms with Crippen LogP contribution in [0.5, 0.6) is 0 Å². The number of aryl methyl sites for hydroxylation is 1. The van der Waals surface area contributed by atoms with Crippen LogP contribution in [0.4, 0.5) is 0 Å². The largest absolute Gasteiger partial charge is 0.310 e. The monoisotopic (exact) mass is 340 g/mol. The zero-order chi connectivity index (χ0) is 17.0. The minimum Gasteiger partial charge on any atom is -0.310 e. The minimum absolute atomic E-state index is 0.0385. The number of fused-ring (bicyclic) bond motifs is 2. The molecule has 2 aromatic heterocycles. The lowest BCUT2D eigenvalue weighted by Gasteiger charge is -2.40. The molecule has 1 atom stereocenters. The maximum Gasteiger partial charge on any atom is 0.254 e. The number of piperidine rings is 1. The molecule has 0 radical (unpaired) electrons. The predicted molar refractivity (Wildman–Crippen MR) is 92.5 cm³/mol. The van der Waals surface area contributed by atoms with E-state index in [9.17, 15) is 4.79 Å². The Bertz CT molecular complexity index is 867. The lowest BCUT2D eigenvalue weighted by molar-refractivity contribution is 0.134. The van der Waals surface area contributed by atoms with Gasteiger partial charge in [-0.3, -0.25) is 14.8 Å². The van der Waals surface area contributed by atoms with Crippen LogP contribution in [-0.2, 0) is 18.4 Å². The normalized spacial score (nSPS) is 26.3. The van der Waals surface area contributed by atoms with Crippen LogP contribution >= 0.6 is 0 Å². The van der Waals surface area contributed by atoms with Crippen molar-refractivity contribution < 1.29 is 0 Å². The molecule has 2 aliphatic carbocycles. The van der Waals surface area contributed by atoms with Crippen molar-refractivity contribution in [2.24, 2.45) is 0 Å². The van der Waals surface area contributed by atoms with Gasteiger partial charge in [0.15, 0.2) is 5.82 Å². The maximum absolute atomic E-state index is 12.5. The average Bonchev–Trinajstić information content (AvgIpc) is 3.29. The number of aromatic amines is 2. The first-order valence-corrected chi connectivity index (χ1v) is 9.37. The fraction of sp³-hybridized carbons (Fsp3) is 0.667. The van der Waals surface area contributed by atoms with E-state index < -0.39 is 0 Å². The van der Waals surface area contributed by atoms with E-state index in [0.717, 1.165) is 86.9 Å². The second-order valence-electron chi connectivity index (χ2n) is 7.98. The average molecular weight is 340 g/mol. The molecule has 1 saturated heterocycles. The summed E-state index contributed by atoms with van der Waals surface area (Å²) in [5.41, 5.74) is 2.16. The van der Waals surface area contributed by atoms with Gasteiger partial charge < -0.3 is 4.98 Å². The van der Waals surface area contributed by atoms with E-state index in [-0.39, 0.29) is 11.0 Å². The van der Waals surface area contributed by atoms with Gasteiger partial charge in [-0.05, 0) is 52.0 Å². The summed E-state index contributed by atoms with van der Waals surface area (Å²) in [6, 6.07) is 0. The van der Waals surface area contributed by atoms with Crippen molar-refractivity contribution in [1.29, 1.82) is 0 Å². The van der Waals surface area contributed by atoms with Crippen molar-refractivity contribution in [3.8, 4) is 0 Å². The van der Waals surface area contributed by atoms with Crippen LogP contribution in [0.15, 0.2) is 4.79 Å². The summed E-state index contributed by atoms with van der Waals surface area (Å²) in [4.78, 5) is 27.4. The van der Waals surface area contributed by atoms with Gasteiger partial charge in [0, 0.05) is 23.4 Å². The molecule has 7 nitrogen and oxygen atoms in total. The van der Waals surface area contributed by atoms with E-state index in [0.29, 0.717) is 5.92 Å². The van der Waals surface area contributed by atoms with Gasteiger partial charge in [-0.2, -0.15) is 5.10 Å².